The van der Waals surface area contributed by atoms with Crippen LogP contribution in [-0.2, 0) is 14.4 Å². The Hall–Kier alpha value is -2.90. The standard InChI is InChI=1S/C19H23N3O5/c1-11(2)12-3-5-13(6-4-12)22-18(26)17-14(20-19(22)27)9-10-21(17)15(23)7-8-16(24)25/h3-6,11,14,17H,7-10H2,1-2H3,(H,20,27)(H,24,25)/t14-,17-/m1/s1. The Morgan fingerprint density at radius 3 is 2.44 bits per heavy atom. The van der Waals surface area contributed by atoms with Crippen LogP contribution >= 0.6 is 0 Å². The van der Waals surface area contributed by atoms with Gasteiger partial charge < -0.3 is 15.3 Å². The van der Waals surface area contributed by atoms with E-state index in [1.165, 1.54) is 4.90 Å². The minimum atomic E-state index is -1.06. The molecule has 4 amide bonds. The quantitative estimate of drug-likeness (QED) is 0.817. The average Bonchev–Trinajstić information content (AvgIpc) is 3.04. The van der Waals surface area contributed by atoms with Gasteiger partial charge in [-0.25, -0.2) is 9.69 Å². The summed E-state index contributed by atoms with van der Waals surface area (Å²) in [6.07, 6.45) is 0.0254. The van der Waals surface area contributed by atoms with Crippen LogP contribution in [0.4, 0.5) is 10.5 Å². The van der Waals surface area contributed by atoms with Crippen LogP contribution in [0, 0.1) is 0 Å². The lowest BCUT2D eigenvalue weighted by molar-refractivity contribution is -0.142. The molecule has 2 aliphatic rings. The molecule has 8 heteroatoms. The fourth-order valence-corrected chi connectivity index (χ4v) is 3.59. The highest BCUT2D eigenvalue weighted by molar-refractivity contribution is 6.19. The number of nitrogens with one attached hydrogen (secondary N) is 1. The molecule has 2 N–H and O–H groups in total. The molecule has 2 atom stereocenters. The van der Waals surface area contributed by atoms with Gasteiger partial charge in [-0.05, 0) is 30.0 Å². The van der Waals surface area contributed by atoms with E-state index in [1.807, 2.05) is 12.1 Å². The average molecular weight is 373 g/mol. The van der Waals surface area contributed by atoms with Crippen molar-refractivity contribution in [3.63, 3.8) is 0 Å². The molecule has 144 valence electrons. The number of anilines is 1. The summed E-state index contributed by atoms with van der Waals surface area (Å²) in [5.74, 6) is -1.58. The molecule has 2 fully saturated rings. The van der Waals surface area contributed by atoms with E-state index >= 15 is 0 Å². The van der Waals surface area contributed by atoms with E-state index < -0.39 is 30.0 Å². The van der Waals surface area contributed by atoms with Crippen LogP contribution in [0.1, 0.15) is 44.6 Å². The van der Waals surface area contributed by atoms with Gasteiger partial charge in [0.2, 0.25) is 5.91 Å². The van der Waals surface area contributed by atoms with Crippen molar-refractivity contribution < 1.29 is 24.3 Å². The second-order valence-electron chi connectivity index (χ2n) is 7.19. The lowest BCUT2D eigenvalue weighted by Crippen LogP contribution is -2.65. The van der Waals surface area contributed by atoms with Crippen molar-refractivity contribution in [1.82, 2.24) is 10.2 Å². The number of carbonyl (C=O) groups excluding carboxylic acids is 3. The zero-order chi connectivity index (χ0) is 19.7. The molecule has 0 aromatic heterocycles. The third kappa shape index (κ3) is 3.65. The number of benzene rings is 1. The van der Waals surface area contributed by atoms with E-state index in [0.717, 1.165) is 10.5 Å². The van der Waals surface area contributed by atoms with Gasteiger partial charge in [0.25, 0.3) is 5.91 Å². The van der Waals surface area contributed by atoms with Crippen molar-refractivity contribution in [2.24, 2.45) is 0 Å². The molecule has 0 aliphatic carbocycles. The molecule has 2 aliphatic heterocycles. The summed E-state index contributed by atoms with van der Waals surface area (Å²) in [6.45, 7) is 4.43. The van der Waals surface area contributed by atoms with Gasteiger partial charge in [-0.1, -0.05) is 26.0 Å². The fourth-order valence-electron chi connectivity index (χ4n) is 3.59. The Labute approximate surface area is 157 Å². The monoisotopic (exact) mass is 373 g/mol. The topological polar surface area (TPSA) is 107 Å². The molecule has 3 rings (SSSR count). The van der Waals surface area contributed by atoms with Gasteiger partial charge >= 0.3 is 12.0 Å². The van der Waals surface area contributed by atoms with E-state index in [2.05, 4.69) is 19.2 Å². The predicted molar refractivity (Wildman–Crippen MR) is 97.3 cm³/mol. The number of fused-ring (bicyclic) bond motifs is 1. The van der Waals surface area contributed by atoms with Gasteiger partial charge in [-0.2, -0.15) is 0 Å². The number of amides is 4. The first-order chi connectivity index (χ1) is 12.8. The Morgan fingerprint density at radius 2 is 1.85 bits per heavy atom. The van der Waals surface area contributed by atoms with Crippen molar-refractivity contribution in [2.75, 3.05) is 11.4 Å². The first-order valence-electron chi connectivity index (χ1n) is 9.05. The van der Waals surface area contributed by atoms with E-state index in [4.69, 9.17) is 5.11 Å². The van der Waals surface area contributed by atoms with Gasteiger partial charge in [0.05, 0.1) is 18.2 Å². The third-order valence-electron chi connectivity index (χ3n) is 5.07. The van der Waals surface area contributed by atoms with Gasteiger partial charge in [-0.15, -0.1) is 0 Å². The van der Waals surface area contributed by atoms with Gasteiger partial charge in [0, 0.05) is 13.0 Å². The van der Waals surface area contributed by atoms with Crippen molar-refractivity contribution in [3.8, 4) is 0 Å². The highest BCUT2D eigenvalue weighted by Crippen LogP contribution is 2.29. The number of hydrogen-bond acceptors (Lipinski definition) is 4. The smallest absolute Gasteiger partial charge is 0.329 e. The van der Waals surface area contributed by atoms with Crippen molar-refractivity contribution >= 4 is 29.5 Å². The summed E-state index contributed by atoms with van der Waals surface area (Å²) in [5, 5.41) is 11.6. The summed E-state index contributed by atoms with van der Waals surface area (Å²) in [7, 11) is 0. The largest absolute Gasteiger partial charge is 0.481 e. The fraction of sp³-hybridized carbons (Fsp3) is 0.474. The lowest BCUT2D eigenvalue weighted by Gasteiger charge is -2.37. The first kappa shape index (κ1) is 18.9. The summed E-state index contributed by atoms with van der Waals surface area (Å²) in [4.78, 5) is 51.1. The Bertz CT molecular complexity index is 774. The SMILES string of the molecule is CC(C)c1ccc(N2C(=O)N[C@@H]3CCN(C(=O)CCC(=O)O)[C@H]3C2=O)cc1. The molecule has 8 nitrogen and oxygen atoms in total. The summed E-state index contributed by atoms with van der Waals surface area (Å²) >= 11 is 0. The number of imide groups is 1. The number of nitrogens with zero attached hydrogens (tertiary/aromatic N) is 2. The number of rotatable bonds is 5. The number of carbonyl (C=O) groups is 4. The minimum Gasteiger partial charge on any atom is -0.481 e. The van der Waals surface area contributed by atoms with Crippen LogP contribution in [0.25, 0.3) is 0 Å². The number of likely N-dealkylation sites (tertiary alicyclic amines) is 1. The number of hydrogen-bond donors (Lipinski definition) is 2. The highest BCUT2D eigenvalue weighted by atomic mass is 16.4. The Balaban J connectivity index is 1.82. The molecule has 0 unspecified atom stereocenters. The zero-order valence-corrected chi connectivity index (χ0v) is 15.3. The Morgan fingerprint density at radius 1 is 1.19 bits per heavy atom. The molecular weight excluding hydrogens is 350 g/mol. The molecule has 0 spiro atoms. The van der Waals surface area contributed by atoms with Crippen molar-refractivity contribution in [3.05, 3.63) is 29.8 Å². The highest BCUT2D eigenvalue weighted by Gasteiger charge is 2.49. The third-order valence-corrected chi connectivity index (χ3v) is 5.07. The van der Waals surface area contributed by atoms with E-state index in [1.54, 1.807) is 12.1 Å². The van der Waals surface area contributed by atoms with Crippen LogP contribution in [0.2, 0.25) is 0 Å². The Kier molecular flexibility index (Phi) is 5.16. The summed E-state index contributed by atoms with van der Waals surface area (Å²) in [6, 6.07) is 5.45. The maximum Gasteiger partial charge on any atom is 0.329 e. The molecule has 1 aromatic carbocycles. The molecule has 1 aromatic rings. The number of carboxylic acids is 1. The molecule has 0 bridgehead atoms. The van der Waals surface area contributed by atoms with Crippen LogP contribution < -0.4 is 10.2 Å². The first-order valence-corrected chi connectivity index (χ1v) is 9.05. The number of aliphatic carboxylic acids is 1. The zero-order valence-electron chi connectivity index (χ0n) is 15.3. The van der Waals surface area contributed by atoms with Gasteiger partial charge in [-0.3, -0.25) is 14.4 Å². The van der Waals surface area contributed by atoms with E-state index in [-0.39, 0.29) is 18.7 Å². The summed E-state index contributed by atoms with van der Waals surface area (Å²) in [5.41, 5.74) is 1.54. The number of carboxylic acid groups (broad SMARTS) is 1. The normalized spacial score (nSPS) is 22.0. The van der Waals surface area contributed by atoms with E-state index in [0.29, 0.717) is 24.6 Å². The molecule has 27 heavy (non-hydrogen) atoms. The number of urea groups is 1. The molecular formula is C19H23N3O5. The van der Waals surface area contributed by atoms with Crippen LogP contribution in [-0.4, -0.2) is 52.4 Å². The van der Waals surface area contributed by atoms with Crippen molar-refractivity contribution in [2.45, 2.75) is 51.1 Å². The molecule has 0 radical (unpaired) electrons. The molecule has 2 heterocycles. The van der Waals surface area contributed by atoms with Gasteiger partial charge in [0.15, 0.2) is 0 Å². The second-order valence-corrected chi connectivity index (χ2v) is 7.19. The minimum absolute atomic E-state index is 0.164. The second kappa shape index (κ2) is 7.38. The van der Waals surface area contributed by atoms with Crippen LogP contribution in [0.3, 0.4) is 0 Å². The van der Waals surface area contributed by atoms with Crippen LogP contribution in [0.15, 0.2) is 24.3 Å². The molecule has 2 saturated heterocycles. The molecule has 0 saturated carbocycles. The van der Waals surface area contributed by atoms with Crippen molar-refractivity contribution in [1.29, 1.82) is 0 Å². The predicted octanol–water partition coefficient (Wildman–Crippen LogP) is 1.70. The van der Waals surface area contributed by atoms with Crippen LogP contribution in [0.5, 0.6) is 0 Å². The van der Waals surface area contributed by atoms with E-state index in [9.17, 15) is 19.2 Å². The van der Waals surface area contributed by atoms with Gasteiger partial charge in [0.1, 0.15) is 6.04 Å². The lowest BCUT2D eigenvalue weighted by atomic mass is 10.0. The maximum atomic E-state index is 13.0. The summed E-state index contributed by atoms with van der Waals surface area (Å²) < 4.78 is 0. The maximum absolute atomic E-state index is 13.0.